The minimum absolute atomic E-state index is 0.643. The Balaban J connectivity index is 2.00. The highest BCUT2D eigenvalue weighted by Gasteiger charge is 2.21. The summed E-state index contributed by atoms with van der Waals surface area (Å²) >= 11 is 0. The first-order valence-corrected chi connectivity index (χ1v) is 7.07. The number of hydrogen-bond acceptors (Lipinski definition) is 2. The number of nitrogens with one attached hydrogen (secondary N) is 1. The molecule has 0 saturated carbocycles. The van der Waals surface area contributed by atoms with Gasteiger partial charge in [0.05, 0.1) is 0 Å². The van der Waals surface area contributed by atoms with Crippen LogP contribution in [0.15, 0.2) is 18.2 Å². The molecule has 1 heterocycles. The van der Waals surface area contributed by atoms with Crippen molar-refractivity contribution < 1.29 is 0 Å². The summed E-state index contributed by atoms with van der Waals surface area (Å²) < 4.78 is 0. The second-order valence-electron chi connectivity index (χ2n) is 6.04. The van der Waals surface area contributed by atoms with Crippen LogP contribution in [-0.2, 0) is 6.54 Å². The smallest absolute Gasteiger partial charge is 0.0235 e. The molecule has 0 amide bonds. The topological polar surface area (TPSA) is 15.3 Å². The third-order valence-corrected chi connectivity index (χ3v) is 3.78. The number of benzene rings is 1. The second-order valence-corrected chi connectivity index (χ2v) is 6.04. The van der Waals surface area contributed by atoms with Crippen LogP contribution in [0.4, 0.5) is 0 Å². The zero-order valence-corrected chi connectivity index (χ0v) is 12.2. The van der Waals surface area contributed by atoms with E-state index < -0.39 is 0 Å². The van der Waals surface area contributed by atoms with Crippen molar-refractivity contribution in [2.24, 2.45) is 5.92 Å². The molecule has 1 saturated heterocycles. The van der Waals surface area contributed by atoms with E-state index in [2.05, 4.69) is 56.1 Å². The van der Waals surface area contributed by atoms with Crippen molar-refractivity contribution in [3.63, 3.8) is 0 Å². The van der Waals surface area contributed by atoms with E-state index in [9.17, 15) is 0 Å². The van der Waals surface area contributed by atoms with Crippen molar-refractivity contribution in [1.29, 1.82) is 0 Å². The maximum Gasteiger partial charge on any atom is 0.0235 e. The Morgan fingerprint density at radius 3 is 2.50 bits per heavy atom. The van der Waals surface area contributed by atoms with Crippen molar-refractivity contribution in [2.75, 3.05) is 19.6 Å². The van der Waals surface area contributed by atoms with Crippen LogP contribution in [0.3, 0.4) is 0 Å². The fourth-order valence-electron chi connectivity index (χ4n) is 2.85. The number of rotatable bonds is 3. The lowest BCUT2D eigenvalue weighted by molar-refractivity contribution is 0.168. The van der Waals surface area contributed by atoms with E-state index in [0.29, 0.717) is 12.0 Å². The van der Waals surface area contributed by atoms with E-state index in [1.807, 2.05) is 0 Å². The molecule has 1 aromatic rings. The van der Waals surface area contributed by atoms with E-state index in [1.54, 1.807) is 0 Å². The van der Waals surface area contributed by atoms with Crippen LogP contribution in [-0.4, -0.2) is 30.6 Å². The van der Waals surface area contributed by atoms with Crippen molar-refractivity contribution in [1.82, 2.24) is 10.2 Å². The summed E-state index contributed by atoms with van der Waals surface area (Å²) in [6, 6.07) is 7.53. The predicted octanol–water partition coefficient (Wildman–Crippen LogP) is 2.73. The van der Waals surface area contributed by atoms with Gasteiger partial charge >= 0.3 is 0 Å². The summed E-state index contributed by atoms with van der Waals surface area (Å²) in [6.45, 7) is 13.5. The van der Waals surface area contributed by atoms with Crippen molar-refractivity contribution in [3.8, 4) is 0 Å². The summed E-state index contributed by atoms with van der Waals surface area (Å²) in [4.78, 5) is 2.58. The average molecular weight is 246 g/mol. The molecule has 2 nitrogen and oxygen atoms in total. The molecule has 1 aromatic carbocycles. The molecule has 2 heteroatoms. The number of piperazine rings is 1. The largest absolute Gasteiger partial charge is 0.311 e. The minimum atomic E-state index is 0.643. The lowest BCUT2D eigenvalue weighted by Gasteiger charge is -2.35. The summed E-state index contributed by atoms with van der Waals surface area (Å²) in [6.07, 6.45) is 0. The third-order valence-electron chi connectivity index (χ3n) is 3.78. The zero-order valence-electron chi connectivity index (χ0n) is 12.2. The van der Waals surface area contributed by atoms with E-state index in [4.69, 9.17) is 0 Å². The minimum Gasteiger partial charge on any atom is -0.311 e. The molecular weight excluding hydrogens is 220 g/mol. The van der Waals surface area contributed by atoms with Gasteiger partial charge in [-0.3, -0.25) is 4.90 Å². The Bertz CT molecular complexity index is 378. The average Bonchev–Trinajstić information content (AvgIpc) is 2.27. The molecule has 100 valence electrons. The Morgan fingerprint density at radius 2 is 1.89 bits per heavy atom. The monoisotopic (exact) mass is 246 g/mol. The normalized spacial score (nSPS) is 21.5. The highest BCUT2D eigenvalue weighted by molar-refractivity contribution is 5.28. The number of aryl methyl sites for hydroxylation is 2. The highest BCUT2D eigenvalue weighted by Crippen LogP contribution is 2.14. The Kier molecular flexibility index (Phi) is 4.41. The van der Waals surface area contributed by atoms with Gasteiger partial charge < -0.3 is 5.32 Å². The van der Waals surface area contributed by atoms with Gasteiger partial charge in [-0.05, 0) is 25.3 Å². The molecule has 0 spiro atoms. The van der Waals surface area contributed by atoms with Crippen LogP contribution in [0, 0.1) is 19.8 Å². The van der Waals surface area contributed by atoms with Crippen molar-refractivity contribution in [2.45, 2.75) is 40.3 Å². The van der Waals surface area contributed by atoms with Crippen LogP contribution in [0.2, 0.25) is 0 Å². The van der Waals surface area contributed by atoms with Gasteiger partial charge in [-0.1, -0.05) is 43.2 Å². The van der Waals surface area contributed by atoms with Crippen molar-refractivity contribution in [3.05, 3.63) is 34.9 Å². The SMILES string of the molecule is Cc1cc(C)cc(CN2CCNC(C(C)C)C2)c1. The number of hydrogen-bond donors (Lipinski definition) is 1. The molecule has 0 aromatic heterocycles. The van der Waals surface area contributed by atoms with Gasteiger partial charge in [0.25, 0.3) is 0 Å². The molecule has 0 bridgehead atoms. The molecule has 1 aliphatic heterocycles. The van der Waals surface area contributed by atoms with E-state index >= 15 is 0 Å². The first kappa shape index (κ1) is 13.6. The van der Waals surface area contributed by atoms with E-state index in [0.717, 1.165) is 19.6 Å². The molecule has 1 unspecified atom stereocenters. The van der Waals surface area contributed by atoms with Crippen LogP contribution in [0.1, 0.15) is 30.5 Å². The summed E-state index contributed by atoms with van der Waals surface area (Å²) in [5, 5.41) is 3.62. The van der Waals surface area contributed by atoms with Gasteiger partial charge in [-0.2, -0.15) is 0 Å². The Labute approximate surface area is 111 Å². The van der Waals surface area contributed by atoms with Gasteiger partial charge in [0.2, 0.25) is 0 Å². The van der Waals surface area contributed by atoms with Gasteiger partial charge in [0.1, 0.15) is 0 Å². The maximum absolute atomic E-state index is 3.62. The molecule has 1 fully saturated rings. The van der Waals surface area contributed by atoms with Gasteiger partial charge in [0, 0.05) is 32.2 Å². The Hall–Kier alpha value is -0.860. The van der Waals surface area contributed by atoms with Crippen molar-refractivity contribution >= 4 is 0 Å². The van der Waals surface area contributed by atoms with Crippen LogP contribution >= 0.6 is 0 Å². The number of nitrogens with zero attached hydrogens (tertiary/aromatic N) is 1. The quantitative estimate of drug-likeness (QED) is 0.882. The molecule has 0 radical (unpaired) electrons. The van der Waals surface area contributed by atoms with Crippen LogP contribution in [0.5, 0.6) is 0 Å². The summed E-state index contributed by atoms with van der Waals surface area (Å²) in [7, 11) is 0. The predicted molar refractivity (Wildman–Crippen MR) is 77.8 cm³/mol. The highest BCUT2D eigenvalue weighted by atomic mass is 15.2. The van der Waals surface area contributed by atoms with Gasteiger partial charge in [0.15, 0.2) is 0 Å². The zero-order chi connectivity index (χ0) is 13.1. The molecule has 2 rings (SSSR count). The third kappa shape index (κ3) is 3.56. The fraction of sp³-hybridized carbons (Fsp3) is 0.625. The van der Waals surface area contributed by atoms with Crippen LogP contribution < -0.4 is 5.32 Å². The molecule has 18 heavy (non-hydrogen) atoms. The first-order valence-electron chi connectivity index (χ1n) is 7.07. The molecule has 1 N–H and O–H groups in total. The summed E-state index contributed by atoms with van der Waals surface area (Å²) in [5.74, 6) is 0.715. The van der Waals surface area contributed by atoms with E-state index in [1.165, 1.54) is 23.2 Å². The standard InChI is InChI=1S/C16H26N2/c1-12(2)16-11-18(6-5-17-16)10-15-8-13(3)7-14(4)9-15/h7-9,12,16-17H,5-6,10-11H2,1-4H3. The van der Waals surface area contributed by atoms with Gasteiger partial charge in [-0.25, -0.2) is 0 Å². The van der Waals surface area contributed by atoms with Crippen LogP contribution in [0.25, 0.3) is 0 Å². The Morgan fingerprint density at radius 1 is 1.22 bits per heavy atom. The summed E-state index contributed by atoms with van der Waals surface area (Å²) in [5.41, 5.74) is 4.21. The van der Waals surface area contributed by atoms with Gasteiger partial charge in [-0.15, -0.1) is 0 Å². The van der Waals surface area contributed by atoms with E-state index in [-0.39, 0.29) is 0 Å². The first-order chi connectivity index (χ1) is 8.54. The molecule has 1 atom stereocenters. The molecular formula is C16H26N2. The lowest BCUT2D eigenvalue weighted by atomic mass is 10.0. The maximum atomic E-state index is 3.62. The molecule has 1 aliphatic rings. The second kappa shape index (κ2) is 5.85. The fourth-order valence-corrected chi connectivity index (χ4v) is 2.85. The molecule has 0 aliphatic carbocycles. The lowest BCUT2D eigenvalue weighted by Crippen LogP contribution is -2.52.